The van der Waals surface area contributed by atoms with Gasteiger partial charge in [0.05, 0.1) is 10.3 Å². The van der Waals surface area contributed by atoms with Crippen LogP contribution >= 0.6 is 46.0 Å². The molecular weight excluding hydrogens is 348 g/mol. The average Bonchev–Trinajstić information content (AvgIpc) is 2.51. The first-order valence-corrected chi connectivity index (χ1v) is 9.53. The molecule has 0 unspecified atom stereocenters. The number of nitrogens with zero attached hydrogens (tertiary/aromatic N) is 2. The lowest BCUT2D eigenvalue weighted by Crippen LogP contribution is -2.27. The number of thiocarbonyl (C=S) groups is 2. The molecule has 0 saturated carbocycles. The lowest BCUT2D eigenvalue weighted by molar-refractivity contribution is 0.533. The smallest absolute Gasteiger partial charge is 0.195 e. The Morgan fingerprint density at radius 1 is 1.00 bits per heavy atom. The Labute approximate surface area is 149 Å². The van der Waals surface area contributed by atoms with Crippen LogP contribution in [0.4, 0.5) is 0 Å². The van der Waals surface area contributed by atoms with Gasteiger partial charge in [0.1, 0.15) is 0 Å². The van der Waals surface area contributed by atoms with Gasteiger partial charge >= 0.3 is 0 Å². The summed E-state index contributed by atoms with van der Waals surface area (Å²) in [4.78, 5) is 10.9. The molecule has 1 aromatic carbocycles. The van der Waals surface area contributed by atoms with Gasteiger partial charge in [0.15, 0.2) is 5.66 Å². The van der Waals surface area contributed by atoms with Crippen LogP contribution in [-0.2, 0) is 0 Å². The molecule has 0 heterocycles. The first-order valence-electron chi connectivity index (χ1n) is 6.57. The van der Waals surface area contributed by atoms with Crippen molar-refractivity contribution >= 4 is 56.3 Å². The fourth-order valence-electron chi connectivity index (χ4n) is 1.98. The van der Waals surface area contributed by atoms with Crippen LogP contribution in [0.5, 0.6) is 0 Å². The van der Waals surface area contributed by atoms with Crippen LogP contribution in [0.3, 0.4) is 0 Å². The van der Waals surface area contributed by atoms with Gasteiger partial charge in [0, 0.05) is 16.2 Å². The topological polar surface area (TPSA) is 24.7 Å². The molecule has 1 aromatic rings. The van der Waals surface area contributed by atoms with Gasteiger partial charge in [0.25, 0.3) is 0 Å². The molecule has 0 amide bonds. The van der Waals surface area contributed by atoms with Gasteiger partial charge in [-0.05, 0) is 56.0 Å². The Hall–Kier alpha value is -1.00. The van der Waals surface area contributed by atoms with E-state index in [0.29, 0.717) is 6.42 Å². The third kappa shape index (κ3) is 4.26. The summed E-state index contributed by atoms with van der Waals surface area (Å²) in [7, 11) is 3.42. The molecule has 112 valence electrons. The Morgan fingerprint density at radius 3 is 2.23 bits per heavy atom. The van der Waals surface area contributed by atoms with Crippen molar-refractivity contribution in [3.63, 3.8) is 0 Å². The maximum atomic E-state index is 4.77. The van der Waals surface area contributed by atoms with Gasteiger partial charge in [-0.1, -0.05) is 51.4 Å². The van der Waals surface area contributed by atoms with E-state index < -0.39 is 5.66 Å². The molecule has 0 spiro atoms. The van der Waals surface area contributed by atoms with Crippen molar-refractivity contribution in [3.05, 3.63) is 52.5 Å². The summed E-state index contributed by atoms with van der Waals surface area (Å²) >= 11 is 9.53. The Morgan fingerprint density at radius 2 is 1.64 bits per heavy atom. The average molecular weight is 363 g/mol. The van der Waals surface area contributed by atoms with Crippen LogP contribution in [0, 0.1) is 6.92 Å². The number of aryl methyl sites for hydroxylation is 1. The Balaban J connectivity index is 2.14. The summed E-state index contributed by atoms with van der Waals surface area (Å²) in [5.74, 6) is 0. The zero-order valence-electron chi connectivity index (χ0n) is 12.2. The summed E-state index contributed by atoms with van der Waals surface area (Å²) in [5, 5.41) is 4.88. The highest BCUT2D eigenvalue weighted by molar-refractivity contribution is 8.78. The van der Waals surface area contributed by atoms with Gasteiger partial charge in [-0.2, -0.15) is 9.98 Å². The van der Waals surface area contributed by atoms with Gasteiger partial charge in [-0.3, -0.25) is 0 Å². The van der Waals surface area contributed by atoms with Crippen molar-refractivity contribution in [3.8, 4) is 0 Å². The predicted molar refractivity (Wildman–Crippen MR) is 104 cm³/mol. The molecule has 0 N–H and O–H groups in total. The summed E-state index contributed by atoms with van der Waals surface area (Å²) < 4.78 is 0. The third-order valence-corrected chi connectivity index (χ3v) is 5.99. The zero-order chi connectivity index (χ0) is 16.0. The molecule has 1 aliphatic rings. The van der Waals surface area contributed by atoms with Crippen molar-refractivity contribution in [1.29, 1.82) is 0 Å². The lowest BCUT2D eigenvalue weighted by Gasteiger charge is -2.27. The SMILES string of the molecule is CC1=CC=C(SSc2ccc(C)cc2)CC1(N=C=S)N=C=S. The minimum Gasteiger partial charge on any atom is -0.196 e. The Kier molecular flexibility index (Phi) is 6.33. The largest absolute Gasteiger partial charge is 0.196 e. The molecule has 0 atom stereocenters. The number of aliphatic imine (C=N–C) groups is 2. The highest BCUT2D eigenvalue weighted by Gasteiger charge is 2.34. The van der Waals surface area contributed by atoms with E-state index in [9.17, 15) is 0 Å². The van der Waals surface area contributed by atoms with Crippen molar-refractivity contribution in [2.45, 2.75) is 30.8 Å². The van der Waals surface area contributed by atoms with E-state index in [1.165, 1.54) is 15.4 Å². The van der Waals surface area contributed by atoms with Crippen LogP contribution < -0.4 is 0 Å². The van der Waals surface area contributed by atoms with Crippen LogP contribution in [0.15, 0.2) is 61.8 Å². The van der Waals surface area contributed by atoms with Crippen molar-refractivity contribution < 1.29 is 0 Å². The van der Waals surface area contributed by atoms with Crippen LogP contribution in [-0.4, -0.2) is 16.0 Å². The maximum Gasteiger partial charge on any atom is 0.195 e. The van der Waals surface area contributed by atoms with Gasteiger partial charge in [-0.15, -0.1) is 0 Å². The van der Waals surface area contributed by atoms with E-state index in [0.717, 1.165) is 5.57 Å². The highest BCUT2D eigenvalue weighted by Crippen LogP contribution is 2.44. The van der Waals surface area contributed by atoms with E-state index in [-0.39, 0.29) is 0 Å². The molecule has 0 fully saturated rings. The minimum absolute atomic E-state index is 0.631. The zero-order valence-corrected chi connectivity index (χ0v) is 15.5. The molecule has 1 aliphatic carbocycles. The number of allylic oxidation sites excluding steroid dienone is 2. The molecule has 0 aliphatic heterocycles. The maximum absolute atomic E-state index is 4.77. The monoisotopic (exact) mass is 362 g/mol. The van der Waals surface area contributed by atoms with Crippen LogP contribution in [0.25, 0.3) is 0 Å². The van der Waals surface area contributed by atoms with Crippen molar-refractivity contribution in [2.24, 2.45) is 9.98 Å². The lowest BCUT2D eigenvalue weighted by atomic mass is 9.93. The van der Waals surface area contributed by atoms with Crippen molar-refractivity contribution in [2.75, 3.05) is 0 Å². The molecule has 0 saturated heterocycles. The minimum atomic E-state index is -0.769. The predicted octanol–water partition coefficient (Wildman–Crippen LogP) is 5.87. The van der Waals surface area contributed by atoms with Gasteiger partial charge in [-0.25, -0.2) is 0 Å². The Bertz CT molecular complexity index is 688. The van der Waals surface area contributed by atoms with Crippen LogP contribution in [0.2, 0.25) is 0 Å². The van der Waals surface area contributed by atoms with E-state index in [2.05, 4.69) is 57.6 Å². The van der Waals surface area contributed by atoms with Crippen molar-refractivity contribution in [1.82, 2.24) is 0 Å². The van der Waals surface area contributed by atoms with E-state index in [4.69, 9.17) is 24.4 Å². The normalized spacial score (nSPS) is 20.3. The first-order chi connectivity index (χ1) is 10.6. The summed E-state index contributed by atoms with van der Waals surface area (Å²) in [6.45, 7) is 4.05. The molecule has 0 radical (unpaired) electrons. The number of rotatable bonds is 5. The standard InChI is InChI=1S/C16H14N2S4/c1-12-3-6-14(7-4-12)21-22-15-8-5-13(2)16(9-15,17-10-19)18-11-20/h3-8H,9H2,1-2H3. The van der Waals surface area contributed by atoms with E-state index in [1.54, 1.807) is 21.6 Å². The second-order valence-corrected chi connectivity index (χ2v) is 7.56. The molecule has 0 aromatic heterocycles. The molecule has 0 bridgehead atoms. The third-order valence-electron chi connectivity index (χ3n) is 3.30. The molecular formula is C16H14N2S4. The number of hydrogen-bond acceptors (Lipinski definition) is 6. The van der Waals surface area contributed by atoms with E-state index >= 15 is 0 Å². The quantitative estimate of drug-likeness (QED) is 0.371. The molecule has 2 nitrogen and oxygen atoms in total. The first kappa shape index (κ1) is 17.4. The fraction of sp³-hybridized carbons (Fsp3) is 0.250. The van der Waals surface area contributed by atoms with Gasteiger partial charge < -0.3 is 0 Å². The highest BCUT2D eigenvalue weighted by atomic mass is 33.1. The van der Waals surface area contributed by atoms with Crippen LogP contribution in [0.1, 0.15) is 18.9 Å². The number of benzene rings is 1. The second-order valence-electron chi connectivity index (χ2n) is 4.86. The number of isothiocyanates is 2. The summed E-state index contributed by atoms with van der Waals surface area (Å²) in [6, 6.07) is 8.46. The van der Waals surface area contributed by atoms with E-state index in [1.807, 2.05) is 13.0 Å². The molecule has 22 heavy (non-hydrogen) atoms. The number of hydrogen-bond donors (Lipinski definition) is 0. The fourth-order valence-corrected chi connectivity index (χ4v) is 4.40. The molecule has 6 heteroatoms. The molecule has 2 rings (SSSR count). The summed E-state index contributed by atoms with van der Waals surface area (Å²) in [6.07, 6.45) is 4.73. The van der Waals surface area contributed by atoms with Gasteiger partial charge in [0.2, 0.25) is 0 Å². The second kappa shape index (κ2) is 8.02. The summed E-state index contributed by atoms with van der Waals surface area (Å²) in [5.41, 5.74) is 1.48.